The highest BCUT2D eigenvalue weighted by Crippen LogP contribution is 2.42. The summed E-state index contributed by atoms with van der Waals surface area (Å²) < 4.78 is 25.3. The molecule has 0 aromatic heterocycles. The molecule has 3 aromatic rings. The Balaban J connectivity index is 1.74. The van der Waals surface area contributed by atoms with Crippen molar-refractivity contribution in [3.63, 3.8) is 0 Å². The zero-order valence-corrected chi connectivity index (χ0v) is 16.5. The standard InChI is InChI=1S/C23H23O3P/c1-17-3-9-21(10-4-17)27(24,22-11-5-18(2)6-12-22)23-13-7-19(8-14-23)25-15-20-16-26-20/h3-14,20H,15-16H2,1-2H3. The highest BCUT2D eigenvalue weighted by molar-refractivity contribution is 7.85. The lowest BCUT2D eigenvalue weighted by molar-refractivity contribution is 0.263. The minimum absolute atomic E-state index is 0.218. The molecule has 0 aliphatic carbocycles. The Morgan fingerprint density at radius 2 is 1.22 bits per heavy atom. The first-order valence-corrected chi connectivity index (χ1v) is 10.9. The minimum Gasteiger partial charge on any atom is -0.491 e. The number of aryl methyl sites for hydroxylation is 2. The van der Waals surface area contributed by atoms with Gasteiger partial charge in [0, 0.05) is 15.9 Å². The number of hydrogen-bond acceptors (Lipinski definition) is 3. The lowest BCUT2D eigenvalue weighted by Crippen LogP contribution is -2.25. The fourth-order valence-electron chi connectivity index (χ4n) is 3.06. The third-order valence-corrected chi connectivity index (χ3v) is 7.91. The molecule has 1 fully saturated rings. The van der Waals surface area contributed by atoms with Crippen molar-refractivity contribution < 1.29 is 14.0 Å². The predicted octanol–water partition coefficient (Wildman–Crippen LogP) is 3.72. The first-order valence-electron chi connectivity index (χ1n) is 9.15. The maximum absolute atomic E-state index is 14.4. The third-order valence-electron chi connectivity index (χ3n) is 4.83. The monoisotopic (exact) mass is 378 g/mol. The summed E-state index contributed by atoms with van der Waals surface area (Å²) in [5, 5.41) is 2.50. The van der Waals surface area contributed by atoms with Crippen LogP contribution in [-0.2, 0) is 9.30 Å². The van der Waals surface area contributed by atoms with E-state index in [1.165, 1.54) is 0 Å². The topological polar surface area (TPSA) is 38.8 Å². The molecule has 0 N–H and O–H groups in total. The van der Waals surface area contributed by atoms with E-state index in [1.54, 1.807) is 0 Å². The summed E-state index contributed by atoms with van der Waals surface area (Å²) in [4.78, 5) is 0. The Kier molecular flexibility index (Phi) is 4.90. The molecule has 0 amide bonds. The Labute approximate surface area is 160 Å². The van der Waals surface area contributed by atoms with E-state index < -0.39 is 7.14 Å². The molecular weight excluding hydrogens is 355 g/mol. The van der Waals surface area contributed by atoms with Gasteiger partial charge in [0.2, 0.25) is 0 Å². The van der Waals surface area contributed by atoms with E-state index in [4.69, 9.17) is 9.47 Å². The van der Waals surface area contributed by atoms with Crippen molar-refractivity contribution in [2.45, 2.75) is 20.0 Å². The van der Waals surface area contributed by atoms with Gasteiger partial charge in [-0.05, 0) is 38.1 Å². The average molecular weight is 378 g/mol. The second kappa shape index (κ2) is 7.34. The quantitative estimate of drug-likeness (QED) is 0.485. The van der Waals surface area contributed by atoms with Crippen molar-refractivity contribution in [2.24, 2.45) is 0 Å². The molecule has 1 atom stereocenters. The summed E-state index contributed by atoms with van der Waals surface area (Å²) >= 11 is 0. The Hall–Kier alpha value is -2.35. The first-order chi connectivity index (χ1) is 13.1. The van der Waals surface area contributed by atoms with Crippen LogP contribution in [0.1, 0.15) is 11.1 Å². The number of ether oxygens (including phenoxy) is 2. The van der Waals surface area contributed by atoms with Crippen LogP contribution in [-0.4, -0.2) is 19.3 Å². The van der Waals surface area contributed by atoms with Crippen LogP contribution in [0, 0.1) is 13.8 Å². The van der Waals surface area contributed by atoms with E-state index in [2.05, 4.69) is 0 Å². The maximum Gasteiger partial charge on any atom is 0.171 e. The second-order valence-corrected chi connectivity index (χ2v) is 9.81. The van der Waals surface area contributed by atoms with Gasteiger partial charge < -0.3 is 14.0 Å². The van der Waals surface area contributed by atoms with Crippen molar-refractivity contribution in [1.82, 2.24) is 0 Å². The molecule has 3 aromatic carbocycles. The number of rotatable bonds is 6. The van der Waals surface area contributed by atoms with Crippen molar-refractivity contribution >= 4 is 23.1 Å². The summed E-state index contributed by atoms with van der Waals surface area (Å²) in [6, 6.07) is 23.6. The molecular formula is C23H23O3P. The highest BCUT2D eigenvalue weighted by atomic mass is 31.2. The summed E-state index contributed by atoms with van der Waals surface area (Å²) in [5.74, 6) is 0.772. The van der Waals surface area contributed by atoms with Crippen LogP contribution in [0.5, 0.6) is 5.75 Å². The van der Waals surface area contributed by atoms with Crippen LogP contribution < -0.4 is 20.7 Å². The molecule has 0 radical (unpaired) electrons. The lowest BCUT2D eigenvalue weighted by atomic mass is 10.2. The molecule has 1 heterocycles. The highest BCUT2D eigenvalue weighted by Gasteiger charge is 2.30. The van der Waals surface area contributed by atoms with Crippen LogP contribution in [0.2, 0.25) is 0 Å². The Morgan fingerprint density at radius 1 is 0.815 bits per heavy atom. The van der Waals surface area contributed by atoms with Gasteiger partial charge in [0.05, 0.1) is 6.61 Å². The van der Waals surface area contributed by atoms with Crippen molar-refractivity contribution in [3.8, 4) is 5.75 Å². The first kappa shape index (κ1) is 18.0. The van der Waals surface area contributed by atoms with Gasteiger partial charge in [-0.3, -0.25) is 0 Å². The van der Waals surface area contributed by atoms with Gasteiger partial charge >= 0.3 is 0 Å². The third kappa shape index (κ3) is 3.85. The summed E-state index contributed by atoms with van der Waals surface area (Å²) in [6.07, 6.45) is 0.218. The summed E-state index contributed by atoms with van der Waals surface area (Å²) in [6.45, 7) is 5.41. The molecule has 4 heteroatoms. The Bertz CT molecular complexity index is 907. The van der Waals surface area contributed by atoms with Gasteiger partial charge in [-0.2, -0.15) is 0 Å². The van der Waals surface area contributed by atoms with Crippen LogP contribution in [0.3, 0.4) is 0 Å². The smallest absolute Gasteiger partial charge is 0.171 e. The fraction of sp³-hybridized carbons (Fsp3) is 0.217. The lowest BCUT2D eigenvalue weighted by Gasteiger charge is -2.20. The van der Waals surface area contributed by atoms with E-state index in [9.17, 15) is 4.57 Å². The SMILES string of the molecule is Cc1ccc(P(=O)(c2ccc(C)cc2)c2ccc(OCC3CO3)cc2)cc1. The molecule has 1 unspecified atom stereocenters. The van der Waals surface area contributed by atoms with Crippen LogP contribution >= 0.6 is 7.14 Å². The van der Waals surface area contributed by atoms with E-state index >= 15 is 0 Å². The van der Waals surface area contributed by atoms with Gasteiger partial charge in [0.15, 0.2) is 7.14 Å². The van der Waals surface area contributed by atoms with E-state index in [1.807, 2.05) is 86.6 Å². The summed E-state index contributed by atoms with van der Waals surface area (Å²) in [5.41, 5.74) is 2.31. The molecule has 1 saturated heterocycles. The van der Waals surface area contributed by atoms with E-state index in [0.717, 1.165) is 39.4 Å². The zero-order valence-electron chi connectivity index (χ0n) is 15.6. The van der Waals surface area contributed by atoms with E-state index in [0.29, 0.717) is 6.61 Å². The number of benzene rings is 3. The number of epoxide rings is 1. The molecule has 27 heavy (non-hydrogen) atoms. The second-order valence-electron chi connectivity index (χ2n) is 7.04. The largest absolute Gasteiger partial charge is 0.491 e. The van der Waals surface area contributed by atoms with Crippen LogP contribution in [0.4, 0.5) is 0 Å². The Morgan fingerprint density at radius 3 is 1.63 bits per heavy atom. The van der Waals surface area contributed by atoms with Crippen LogP contribution in [0.25, 0.3) is 0 Å². The van der Waals surface area contributed by atoms with Gasteiger partial charge in [0.1, 0.15) is 18.5 Å². The van der Waals surface area contributed by atoms with Gasteiger partial charge in [0.25, 0.3) is 0 Å². The van der Waals surface area contributed by atoms with E-state index in [-0.39, 0.29) is 6.10 Å². The molecule has 138 valence electrons. The van der Waals surface area contributed by atoms with Gasteiger partial charge in [-0.15, -0.1) is 0 Å². The zero-order chi connectivity index (χ0) is 18.9. The minimum atomic E-state index is -2.94. The van der Waals surface area contributed by atoms with Crippen molar-refractivity contribution in [1.29, 1.82) is 0 Å². The van der Waals surface area contributed by atoms with Gasteiger partial charge in [-0.1, -0.05) is 59.7 Å². The average Bonchev–Trinajstić information content (AvgIpc) is 3.52. The van der Waals surface area contributed by atoms with Gasteiger partial charge in [-0.25, -0.2) is 0 Å². The summed E-state index contributed by atoms with van der Waals surface area (Å²) in [7, 11) is -2.94. The predicted molar refractivity (Wildman–Crippen MR) is 111 cm³/mol. The molecule has 1 aliphatic rings. The normalized spacial score (nSPS) is 16.1. The number of hydrogen-bond donors (Lipinski definition) is 0. The van der Waals surface area contributed by atoms with Crippen molar-refractivity contribution in [2.75, 3.05) is 13.2 Å². The molecule has 3 nitrogen and oxygen atoms in total. The fourth-order valence-corrected chi connectivity index (χ4v) is 5.66. The van der Waals surface area contributed by atoms with Crippen molar-refractivity contribution in [3.05, 3.63) is 83.9 Å². The molecule has 0 saturated carbocycles. The molecule has 4 rings (SSSR count). The van der Waals surface area contributed by atoms with Crippen LogP contribution in [0.15, 0.2) is 72.8 Å². The molecule has 0 spiro atoms. The molecule has 0 bridgehead atoms. The molecule has 1 aliphatic heterocycles. The maximum atomic E-state index is 14.4.